The number of pyridine rings is 1. The van der Waals surface area contributed by atoms with Crippen molar-refractivity contribution in [2.24, 2.45) is 0 Å². The van der Waals surface area contributed by atoms with Crippen LogP contribution in [0.4, 0.5) is 0 Å². The summed E-state index contributed by atoms with van der Waals surface area (Å²) in [5.41, 5.74) is 1.94. The van der Waals surface area contributed by atoms with Gasteiger partial charge in [-0.2, -0.15) is 0 Å². The van der Waals surface area contributed by atoms with Crippen LogP contribution in [0.25, 0.3) is 0 Å². The predicted octanol–water partition coefficient (Wildman–Crippen LogP) is 3.58. The van der Waals surface area contributed by atoms with E-state index in [4.69, 9.17) is 4.74 Å². The van der Waals surface area contributed by atoms with E-state index in [1.165, 1.54) is 11.3 Å². The lowest BCUT2D eigenvalue weighted by Gasteiger charge is -2.29. The summed E-state index contributed by atoms with van der Waals surface area (Å²) < 4.78 is 5.94. The molecule has 1 aliphatic rings. The van der Waals surface area contributed by atoms with Crippen molar-refractivity contribution in [1.29, 1.82) is 0 Å². The van der Waals surface area contributed by atoms with E-state index in [-0.39, 0.29) is 18.1 Å². The van der Waals surface area contributed by atoms with Crippen molar-refractivity contribution < 1.29 is 9.53 Å². The van der Waals surface area contributed by atoms with Crippen LogP contribution in [0.3, 0.4) is 0 Å². The summed E-state index contributed by atoms with van der Waals surface area (Å²) in [6.07, 6.45) is 5.72. The molecule has 2 aromatic rings. The topological polar surface area (TPSA) is 64.1 Å². The van der Waals surface area contributed by atoms with E-state index in [2.05, 4.69) is 15.3 Å². The molecule has 1 N–H and O–H groups in total. The molecule has 0 atom stereocenters. The fourth-order valence-corrected chi connectivity index (χ4v) is 3.84. The van der Waals surface area contributed by atoms with Crippen LogP contribution in [0.15, 0.2) is 18.3 Å². The van der Waals surface area contributed by atoms with Crippen LogP contribution in [0, 0.1) is 20.8 Å². The van der Waals surface area contributed by atoms with Gasteiger partial charge in [0.1, 0.15) is 11.0 Å². The van der Waals surface area contributed by atoms with Crippen molar-refractivity contribution in [1.82, 2.24) is 15.3 Å². The summed E-state index contributed by atoms with van der Waals surface area (Å²) in [5, 5.41) is 4.07. The Morgan fingerprint density at radius 1 is 1.21 bits per heavy atom. The van der Waals surface area contributed by atoms with Gasteiger partial charge in [-0.1, -0.05) is 6.07 Å². The van der Waals surface area contributed by atoms with Crippen LogP contribution in [0.5, 0.6) is 5.88 Å². The average Bonchev–Trinajstić information content (AvgIpc) is 2.90. The highest BCUT2D eigenvalue weighted by Crippen LogP contribution is 2.24. The summed E-state index contributed by atoms with van der Waals surface area (Å²) in [7, 11) is 0. The molecule has 0 saturated heterocycles. The SMILES string of the molecule is Cc1ccc(OC2CCC(NC(=O)c3sc(C)nc3C)CC2)nc1. The molecule has 0 bridgehead atoms. The second kappa shape index (κ2) is 7.30. The molecule has 1 saturated carbocycles. The molecule has 2 aromatic heterocycles. The van der Waals surface area contributed by atoms with Crippen LogP contribution < -0.4 is 10.1 Å². The molecule has 128 valence electrons. The van der Waals surface area contributed by atoms with Crippen LogP contribution in [0.1, 0.15) is 51.6 Å². The van der Waals surface area contributed by atoms with E-state index in [0.717, 1.165) is 46.8 Å². The van der Waals surface area contributed by atoms with Crippen molar-refractivity contribution >= 4 is 17.2 Å². The minimum Gasteiger partial charge on any atom is -0.474 e. The second-order valence-electron chi connectivity index (χ2n) is 6.39. The molecular weight excluding hydrogens is 322 g/mol. The lowest BCUT2D eigenvalue weighted by molar-refractivity contribution is 0.0893. The van der Waals surface area contributed by atoms with E-state index in [1.54, 1.807) is 0 Å². The Morgan fingerprint density at radius 3 is 2.54 bits per heavy atom. The first-order valence-corrected chi connectivity index (χ1v) is 9.17. The average molecular weight is 345 g/mol. The Hall–Kier alpha value is -1.95. The zero-order valence-corrected chi connectivity index (χ0v) is 15.2. The van der Waals surface area contributed by atoms with Gasteiger partial charge in [-0.25, -0.2) is 9.97 Å². The van der Waals surface area contributed by atoms with Crippen molar-refractivity contribution in [3.05, 3.63) is 39.5 Å². The molecule has 6 heteroatoms. The van der Waals surface area contributed by atoms with Gasteiger partial charge in [-0.05, 0) is 52.0 Å². The van der Waals surface area contributed by atoms with Gasteiger partial charge in [0, 0.05) is 18.3 Å². The number of aromatic nitrogens is 2. The summed E-state index contributed by atoms with van der Waals surface area (Å²) in [6, 6.07) is 4.14. The Labute approximate surface area is 146 Å². The lowest BCUT2D eigenvalue weighted by atomic mass is 9.93. The number of carbonyl (C=O) groups excluding carboxylic acids is 1. The number of hydrogen-bond acceptors (Lipinski definition) is 5. The Balaban J connectivity index is 1.49. The minimum absolute atomic E-state index is 0.00247. The standard InChI is InChI=1S/C18H23N3O2S/c1-11-4-9-16(19-10-11)23-15-7-5-14(6-8-15)21-18(22)17-12(2)20-13(3)24-17/h4,9-10,14-15H,5-8H2,1-3H3,(H,21,22). The summed E-state index contributed by atoms with van der Waals surface area (Å²) >= 11 is 1.46. The molecule has 1 amide bonds. The number of aryl methyl sites for hydroxylation is 3. The summed E-state index contributed by atoms with van der Waals surface area (Å²) in [5.74, 6) is 0.687. The highest BCUT2D eigenvalue weighted by molar-refractivity contribution is 7.13. The highest BCUT2D eigenvalue weighted by atomic mass is 32.1. The maximum Gasteiger partial charge on any atom is 0.263 e. The minimum atomic E-state index is 0.00247. The van der Waals surface area contributed by atoms with Gasteiger partial charge in [0.05, 0.1) is 10.7 Å². The zero-order chi connectivity index (χ0) is 17.1. The van der Waals surface area contributed by atoms with Gasteiger partial charge < -0.3 is 10.1 Å². The molecule has 24 heavy (non-hydrogen) atoms. The number of carbonyl (C=O) groups is 1. The number of ether oxygens (including phenoxy) is 1. The number of thiazole rings is 1. The first-order chi connectivity index (χ1) is 11.5. The van der Waals surface area contributed by atoms with Gasteiger partial charge in [0.2, 0.25) is 5.88 Å². The molecular formula is C18H23N3O2S. The molecule has 1 fully saturated rings. The maximum absolute atomic E-state index is 12.4. The monoisotopic (exact) mass is 345 g/mol. The molecule has 2 heterocycles. The largest absolute Gasteiger partial charge is 0.474 e. The first kappa shape index (κ1) is 16.9. The second-order valence-corrected chi connectivity index (χ2v) is 7.59. The van der Waals surface area contributed by atoms with Crippen LogP contribution in [-0.4, -0.2) is 28.0 Å². The fraction of sp³-hybridized carbons (Fsp3) is 0.500. The summed E-state index contributed by atoms with van der Waals surface area (Å²) in [4.78, 5) is 21.7. The predicted molar refractivity (Wildman–Crippen MR) is 94.7 cm³/mol. The van der Waals surface area contributed by atoms with Crippen LogP contribution >= 0.6 is 11.3 Å². The quantitative estimate of drug-likeness (QED) is 0.920. The molecule has 0 aliphatic heterocycles. The number of nitrogens with zero attached hydrogens (tertiary/aromatic N) is 2. The Morgan fingerprint density at radius 2 is 1.96 bits per heavy atom. The van der Waals surface area contributed by atoms with Crippen molar-refractivity contribution in [2.75, 3.05) is 0 Å². The third kappa shape index (κ3) is 4.12. The van der Waals surface area contributed by atoms with E-state index >= 15 is 0 Å². The van der Waals surface area contributed by atoms with Gasteiger partial charge in [-0.15, -0.1) is 11.3 Å². The maximum atomic E-state index is 12.4. The Kier molecular flexibility index (Phi) is 5.14. The van der Waals surface area contributed by atoms with Gasteiger partial charge in [0.25, 0.3) is 5.91 Å². The normalized spacial score (nSPS) is 20.6. The van der Waals surface area contributed by atoms with Crippen molar-refractivity contribution in [3.8, 4) is 5.88 Å². The van der Waals surface area contributed by atoms with Gasteiger partial charge in [-0.3, -0.25) is 4.79 Å². The number of amides is 1. The third-order valence-electron chi connectivity index (χ3n) is 4.29. The van der Waals surface area contributed by atoms with Gasteiger partial charge in [0.15, 0.2) is 0 Å². The van der Waals surface area contributed by atoms with E-state index < -0.39 is 0 Å². The number of hydrogen-bond donors (Lipinski definition) is 1. The number of nitrogens with one attached hydrogen (secondary N) is 1. The summed E-state index contributed by atoms with van der Waals surface area (Å²) in [6.45, 7) is 5.82. The fourth-order valence-electron chi connectivity index (χ4n) is 3.01. The molecule has 5 nitrogen and oxygen atoms in total. The van der Waals surface area contributed by atoms with E-state index in [0.29, 0.717) is 5.88 Å². The Bertz CT molecular complexity index is 704. The molecule has 3 rings (SSSR count). The van der Waals surface area contributed by atoms with Crippen molar-refractivity contribution in [2.45, 2.75) is 58.6 Å². The first-order valence-electron chi connectivity index (χ1n) is 8.35. The third-order valence-corrected chi connectivity index (χ3v) is 5.36. The lowest BCUT2D eigenvalue weighted by Crippen LogP contribution is -2.39. The van der Waals surface area contributed by atoms with Gasteiger partial charge >= 0.3 is 0 Å². The smallest absolute Gasteiger partial charge is 0.263 e. The molecule has 0 radical (unpaired) electrons. The van der Waals surface area contributed by atoms with E-state index in [9.17, 15) is 4.79 Å². The van der Waals surface area contributed by atoms with Crippen LogP contribution in [-0.2, 0) is 0 Å². The van der Waals surface area contributed by atoms with Crippen molar-refractivity contribution in [3.63, 3.8) is 0 Å². The number of rotatable bonds is 4. The highest BCUT2D eigenvalue weighted by Gasteiger charge is 2.25. The molecule has 0 spiro atoms. The molecule has 0 aromatic carbocycles. The van der Waals surface area contributed by atoms with Crippen LogP contribution in [0.2, 0.25) is 0 Å². The van der Waals surface area contributed by atoms with E-state index in [1.807, 2.05) is 39.1 Å². The zero-order valence-electron chi connectivity index (χ0n) is 14.3. The molecule has 0 unspecified atom stereocenters. The molecule has 1 aliphatic carbocycles.